The van der Waals surface area contributed by atoms with E-state index in [4.69, 9.17) is 14.5 Å². The molecule has 2 aromatic carbocycles. The number of fused-ring (bicyclic) bond motifs is 3. The lowest BCUT2D eigenvalue weighted by atomic mass is 9.80. The fourth-order valence-corrected chi connectivity index (χ4v) is 6.47. The van der Waals surface area contributed by atoms with Crippen LogP contribution in [0, 0.1) is 5.92 Å². The molecule has 0 unspecified atom stereocenters. The number of hydrogen-bond acceptors (Lipinski definition) is 5. The molecule has 1 saturated heterocycles. The van der Waals surface area contributed by atoms with E-state index >= 15 is 0 Å². The summed E-state index contributed by atoms with van der Waals surface area (Å²) in [5.41, 5.74) is 5.33. The number of ether oxygens (including phenoxy) is 2. The Hall–Kier alpha value is -3.39. The Labute approximate surface area is 216 Å². The van der Waals surface area contributed by atoms with Crippen molar-refractivity contribution in [1.82, 2.24) is 14.5 Å². The molecule has 1 saturated carbocycles. The van der Waals surface area contributed by atoms with Gasteiger partial charge in [-0.15, -0.1) is 0 Å². The highest BCUT2D eigenvalue weighted by Crippen LogP contribution is 2.43. The number of methoxy groups -OCH3 is 1. The molecular formula is C29H33N3O5. The van der Waals surface area contributed by atoms with Gasteiger partial charge in [0.25, 0.3) is 0 Å². The number of aromatic nitrogens is 2. The standard InChI is InChI=1S/C29H33N3O5/c1-36-28(35)31-14-13-20-11-12-24-25(23(20)16-31)30-26(21-7-9-22(10-8-21)27(33)34)32(24)29(17-37-18-29)15-19-5-3-2-4-6-19/h2-6,11-12,21-22H,7-10,13-18H2,1H3,(H,33,34). The van der Waals surface area contributed by atoms with Gasteiger partial charge in [0.2, 0.25) is 0 Å². The Morgan fingerprint density at radius 3 is 2.51 bits per heavy atom. The number of imidazole rings is 1. The topological polar surface area (TPSA) is 93.9 Å². The van der Waals surface area contributed by atoms with E-state index in [1.807, 2.05) is 6.07 Å². The van der Waals surface area contributed by atoms with Crippen molar-refractivity contribution >= 4 is 23.1 Å². The molecule has 3 aromatic rings. The van der Waals surface area contributed by atoms with Crippen LogP contribution in [0.3, 0.4) is 0 Å². The van der Waals surface area contributed by atoms with E-state index in [-0.39, 0.29) is 23.5 Å². The zero-order valence-corrected chi connectivity index (χ0v) is 21.2. The zero-order chi connectivity index (χ0) is 25.6. The maximum atomic E-state index is 12.3. The predicted molar refractivity (Wildman–Crippen MR) is 138 cm³/mol. The van der Waals surface area contributed by atoms with Crippen molar-refractivity contribution in [3.05, 3.63) is 65.0 Å². The number of hydrogen-bond donors (Lipinski definition) is 1. The summed E-state index contributed by atoms with van der Waals surface area (Å²) in [6.45, 7) is 2.32. The minimum absolute atomic E-state index is 0.187. The summed E-state index contributed by atoms with van der Waals surface area (Å²) in [6.07, 6.45) is 4.23. The van der Waals surface area contributed by atoms with E-state index in [1.54, 1.807) is 4.90 Å². The van der Waals surface area contributed by atoms with E-state index in [2.05, 4.69) is 41.0 Å². The van der Waals surface area contributed by atoms with Gasteiger partial charge in [-0.25, -0.2) is 9.78 Å². The van der Waals surface area contributed by atoms with Crippen LogP contribution in [-0.2, 0) is 39.2 Å². The van der Waals surface area contributed by atoms with Crippen molar-refractivity contribution in [2.24, 2.45) is 5.92 Å². The largest absolute Gasteiger partial charge is 0.481 e. The maximum absolute atomic E-state index is 12.3. The molecule has 1 aromatic heterocycles. The maximum Gasteiger partial charge on any atom is 0.409 e. The molecule has 37 heavy (non-hydrogen) atoms. The third kappa shape index (κ3) is 4.17. The molecule has 0 atom stereocenters. The van der Waals surface area contributed by atoms with E-state index in [0.717, 1.165) is 48.1 Å². The summed E-state index contributed by atoms with van der Waals surface area (Å²) < 4.78 is 13.3. The SMILES string of the molecule is COC(=O)N1CCc2ccc3c(nc(C4CCC(C(=O)O)CC4)n3C3(Cc4ccccc4)COC3)c2C1. The molecule has 1 amide bonds. The van der Waals surface area contributed by atoms with Crippen LogP contribution in [0.4, 0.5) is 4.79 Å². The second-order valence-electron chi connectivity index (χ2n) is 10.8. The second kappa shape index (κ2) is 9.49. The first-order valence-corrected chi connectivity index (χ1v) is 13.2. The average molecular weight is 504 g/mol. The molecule has 1 aliphatic carbocycles. The Kier molecular flexibility index (Phi) is 6.15. The minimum Gasteiger partial charge on any atom is -0.481 e. The Morgan fingerprint density at radius 1 is 1.11 bits per heavy atom. The van der Waals surface area contributed by atoms with Crippen molar-refractivity contribution in [3.8, 4) is 0 Å². The molecule has 8 nitrogen and oxygen atoms in total. The third-order valence-corrected chi connectivity index (χ3v) is 8.52. The number of rotatable bonds is 5. The number of carbonyl (C=O) groups is 2. The number of carboxylic acids is 1. The van der Waals surface area contributed by atoms with Crippen LogP contribution in [0.1, 0.15) is 54.1 Å². The van der Waals surface area contributed by atoms with Gasteiger partial charge in [0.15, 0.2) is 0 Å². The van der Waals surface area contributed by atoms with E-state index in [9.17, 15) is 14.7 Å². The predicted octanol–water partition coefficient (Wildman–Crippen LogP) is 4.49. The summed E-state index contributed by atoms with van der Waals surface area (Å²) in [5.74, 6) is 0.242. The van der Waals surface area contributed by atoms with Crippen molar-refractivity contribution in [2.75, 3.05) is 26.9 Å². The molecule has 8 heteroatoms. The Bertz CT molecular complexity index is 1320. The fraction of sp³-hybridized carbons (Fsp3) is 0.483. The minimum atomic E-state index is -0.697. The molecule has 2 fully saturated rings. The van der Waals surface area contributed by atoms with Gasteiger partial charge >= 0.3 is 12.1 Å². The molecule has 2 aliphatic heterocycles. The van der Waals surface area contributed by atoms with Gasteiger partial charge < -0.3 is 24.0 Å². The highest BCUT2D eigenvalue weighted by molar-refractivity contribution is 5.83. The smallest absolute Gasteiger partial charge is 0.409 e. The quantitative estimate of drug-likeness (QED) is 0.552. The van der Waals surface area contributed by atoms with Crippen molar-refractivity contribution in [3.63, 3.8) is 0 Å². The summed E-state index contributed by atoms with van der Waals surface area (Å²) in [6, 6.07) is 14.9. The summed E-state index contributed by atoms with van der Waals surface area (Å²) in [4.78, 5) is 31.0. The normalized spacial score (nSPS) is 22.8. The molecular weight excluding hydrogens is 470 g/mol. The van der Waals surface area contributed by atoms with E-state index in [1.165, 1.54) is 18.2 Å². The van der Waals surface area contributed by atoms with Gasteiger partial charge in [0.05, 0.1) is 49.4 Å². The Balaban J connectivity index is 1.47. The van der Waals surface area contributed by atoms with Gasteiger partial charge in [-0.1, -0.05) is 36.4 Å². The first-order valence-electron chi connectivity index (χ1n) is 13.2. The monoisotopic (exact) mass is 503 g/mol. The Morgan fingerprint density at radius 2 is 1.86 bits per heavy atom. The van der Waals surface area contributed by atoms with Crippen LogP contribution < -0.4 is 0 Å². The molecule has 3 heterocycles. The first-order chi connectivity index (χ1) is 18.0. The number of aliphatic carboxylic acids is 1. The summed E-state index contributed by atoms with van der Waals surface area (Å²) in [5, 5.41) is 9.55. The van der Waals surface area contributed by atoms with Crippen LogP contribution in [-0.4, -0.2) is 58.5 Å². The fourth-order valence-electron chi connectivity index (χ4n) is 6.47. The molecule has 0 bridgehead atoms. The van der Waals surface area contributed by atoms with Crippen molar-refractivity contribution in [1.29, 1.82) is 0 Å². The van der Waals surface area contributed by atoms with Crippen LogP contribution in [0.15, 0.2) is 42.5 Å². The molecule has 0 radical (unpaired) electrons. The zero-order valence-electron chi connectivity index (χ0n) is 21.2. The van der Waals surface area contributed by atoms with Gasteiger partial charge in [-0.3, -0.25) is 4.79 Å². The van der Waals surface area contributed by atoms with Crippen molar-refractivity contribution < 1.29 is 24.2 Å². The number of carboxylic acid groups (broad SMARTS) is 1. The molecule has 194 valence electrons. The lowest BCUT2D eigenvalue weighted by Crippen LogP contribution is -2.54. The van der Waals surface area contributed by atoms with Gasteiger partial charge in [0.1, 0.15) is 5.82 Å². The number of carbonyl (C=O) groups excluding carboxylic acids is 1. The van der Waals surface area contributed by atoms with E-state index in [0.29, 0.717) is 39.1 Å². The van der Waals surface area contributed by atoms with Gasteiger partial charge in [-0.2, -0.15) is 0 Å². The highest BCUT2D eigenvalue weighted by atomic mass is 16.5. The van der Waals surface area contributed by atoms with Crippen LogP contribution in [0.25, 0.3) is 11.0 Å². The molecule has 0 spiro atoms. The van der Waals surface area contributed by atoms with Gasteiger partial charge in [0, 0.05) is 24.4 Å². The third-order valence-electron chi connectivity index (χ3n) is 8.52. The highest BCUT2D eigenvalue weighted by Gasteiger charge is 2.45. The van der Waals surface area contributed by atoms with Crippen LogP contribution in [0.5, 0.6) is 0 Å². The van der Waals surface area contributed by atoms with Crippen molar-refractivity contribution in [2.45, 2.75) is 56.5 Å². The lowest BCUT2D eigenvalue weighted by Gasteiger charge is -2.45. The number of amides is 1. The molecule has 6 rings (SSSR count). The molecule has 3 aliphatic rings. The number of benzene rings is 2. The van der Waals surface area contributed by atoms with Gasteiger partial charge in [-0.05, 0) is 49.3 Å². The summed E-state index contributed by atoms with van der Waals surface area (Å²) in [7, 11) is 1.42. The van der Waals surface area contributed by atoms with E-state index < -0.39 is 5.97 Å². The average Bonchev–Trinajstić information content (AvgIpc) is 3.31. The number of nitrogens with zero attached hydrogens (tertiary/aromatic N) is 3. The van der Waals surface area contributed by atoms with Crippen LogP contribution >= 0.6 is 0 Å². The lowest BCUT2D eigenvalue weighted by molar-refractivity contribution is -0.142. The summed E-state index contributed by atoms with van der Waals surface area (Å²) >= 11 is 0. The van der Waals surface area contributed by atoms with Crippen LogP contribution in [0.2, 0.25) is 0 Å². The first kappa shape index (κ1) is 24.0. The second-order valence-corrected chi connectivity index (χ2v) is 10.8. The molecule has 1 N–H and O–H groups in total.